The first-order valence-electron chi connectivity index (χ1n) is 5.42. The first-order chi connectivity index (χ1) is 8.65. The number of halogens is 1. The summed E-state index contributed by atoms with van der Waals surface area (Å²) in [5.74, 6) is -0.00232. The molecular formula is C14H12FNO2. The summed E-state index contributed by atoms with van der Waals surface area (Å²) in [5.41, 5.74) is 6.58. The Labute approximate surface area is 104 Å². The molecule has 0 aliphatic rings. The van der Waals surface area contributed by atoms with Crippen LogP contribution >= 0.6 is 0 Å². The molecule has 92 valence electrons. The molecule has 0 aliphatic carbocycles. The highest BCUT2D eigenvalue weighted by atomic mass is 19.1. The minimum Gasteiger partial charge on any atom is -0.485 e. The van der Waals surface area contributed by atoms with E-state index in [1.807, 2.05) is 0 Å². The van der Waals surface area contributed by atoms with E-state index in [4.69, 9.17) is 10.5 Å². The van der Waals surface area contributed by atoms with Gasteiger partial charge >= 0.3 is 0 Å². The van der Waals surface area contributed by atoms with Gasteiger partial charge in [-0.2, -0.15) is 0 Å². The molecule has 0 amide bonds. The molecule has 3 nitrogen and oxygen atoms in total. The van der Waals surface area contributed by atoms with Crippen molar-refractivity contribution in [2.45, 2.75) is 0 Å². The van der Waals surface area contributed by atoms with Crippen molar-refractivity contribution >= 4 is 11.5 Å². The Morgan fingerprint density at radius 2 is 1.67 bits per heavy atom. The second kappa shape index (κ2) is 5.31. The molecule has 0 aromatic heterocycles. The molecule has 0 fully saturated rings. The van der Waals surface area contributed by atoms with Crippen LogP contribution in [0.1, 0.15) is 10.4 Å². The summed E-state index contributed by atoms with van der Waals surface area (Å²) in [6, 6.07) is 12.1. The van der Waals surface area contributed by atoms with Crippen molar-refractivity contribution in [1.82, 2.24) is 0 Å². The highest BCUT2D eigenvalue weighted by molar-refractivity contribution is 5.97. The Hall–Kier alpha value is -2.36. The second-order valence-corrected chi connectivity index (χ2v) is 3.79. The van der Waals surface area contributed by atoms with Gasteiger partial charge in [-0.15, -0.1) is 0 Å². The van der Waals surface area contributed by atoms with Crippen molar-refractivity contribution in [3.8, 4) is 5.75 Å². The maximum absolute atomic E-state index is 12.7. The zero-order valence-electron chi connectivity index (χ0n) is 9.60. The summed E-state index contributed by atoms with van der Waals surface area (Å²) in [4.78, 5) is 11.7. The van der Waals surface area contributed by atoms with Crippen LogP contribution in [-0.4, -0.2) is 12.4 Å². The first kappa shape index (κ1) is 12.1. The Balaban J connectivity index is 1.96. The van der Waals surface area contributed by atoms with E-state index in [0.29, 0.717) is 17.0 Å². The van der Waals surface area contributed by atoms with E-state index in [1.54, 1.807) is 24.3 Å². The van der Waals surface area contributed by atoms with Gasteiger partial charge in [-0.3, -0.25) is 4.79 Å². The van der Waals surface area contributed by atoms with Crippen LogP contribution in [0.5, 0.6) is 5.75 Å². The Morgan fingerprint density at radius 3 is 2.28 bits per heavy atom. The highest BCUT2D eigenvalue weighted by Crippen LogP contribution is 2.13. The molecule has 2 aromatic rings. The molecule has 0 heterocycles. The van der Waals surface area contributed by atoms with Gasteiger partial charge in [0.1, 0.15) is 11.6 Å². The van der Waals surface area contributed by atoms with Gasteiger partial charge in [0.25, 0.3) is 0 Å². The summed E-state index contributed by atoms with van der Waals surface area (Å²) < 4.78 is 18.0. The van der Waals surface area contributed by atoms with Crippen LogP contribution in [0.4, 0.5) is 10.1 Å². The number of rotatable bonds is 4. The van der Waals surface area contributed by atoms with Crippen molar-refractivity contribution in [1.29, 1.82) is 0 Å². The molecule has 0 spiro atoms. The fourth-order valence-corrected chi connectivity index (χ4v) is 1.43. The van der Waals surface area contributed by atoms with Crippen LogP contribution in [-0.2, 0) is 0 Å². The van der Waals surface area contributed by atoms with Crippen LogP contribution in [0.25, 0.3) is 0 Å². The molecule has 0 bridgehead atoms. The van der Waals surface area contributed by atoms with Crippen molar-refractivity contribution in [3.05, 3.63) is 59.9 Å². The van der Waals surface area contributed by atoms with Crippen LogP contribution in [0.2, 0.25) is 0 Å². The zero-order chi connectivity index (χ0) is 13.0. The van der Waals surface area contributed by atoms with E-state index < -0.39 is 0 Å². The van der Waals surface area contributed by atoms with E-state index in [0.717, 1.165) is 0 Å². The zero-order valence-corrected chi connectivity index (χ0v) is 9.60. The Bertz CT molecular complexity index is 535. The minimum atomic E-state index is -0.369. The molecule has 0 unspecified atom stereocenters. The van der Waals surface area contributed by atoms with E-state index in [-0.39, 0.29) is 18.2 Å². The lowest BCUT2D eigenvalue weighted by atomic mass is 10.1. The first-order valence-corrected chi connectivity index (χ1v) is 5.42. The number of nitrogen functional groups attached to an aromatic ring is 1. The maximum atomic E-state index is 12.7. The normalized spacial score (nSPS) is 10.1. The van der Waals surface area contributed by atoms with E-state index in [2.05, 4.69) is 0 Å². The standard InChI is InChI=1S/C14H12FNO2/c15-11-3-1-10(2-4-11)14(17)9-18-13-7-5-12(16)6-8-13/h1-8H,9,16H2. The van der Waals surface area contributed by atoms with Gasteiger partial charge < -0.3 is 10.5 Å². The average molecular weight is 245 g/mol. The lowest BCUT2D eigenvalue weighted by Gasteiger charge is -2.05. The van der Waals surface area contributed by atoms with Gasteiger partial charge in [0.05, 0.1) is 0 Å². The summed E-state index contributed by atoms with van der Waals surface area (Å²) in [6.07, 6.45) is 0. The molecular weight excluding hydrogens is 233 g/mol. The number of hydrogen-bond donors (Lipinski definition) is 1. The molecule has 2 aromatic carbocycles. The molecule has 4 heteroatoms. The fraction of sp³-hybridized carbons (Fsp3) is 0.0714. The molecule has 2 N–H and O–H groups in total. The SMILES string of the molecule is Nc1ccc(OCC(=O)c2ccc(F)cc2)cc1. The lowest BCUT2D eigenvalue weighted by Crippen LogP contribution is -2.11. The fourth-order valence-electron chi connectivity index (χ4n) is 1.43. The Kier molecular flexibility index (Phi) is 3.57. The smallest absolute Gasteiger partial charge is 0.200 e. The summed E-state index contributed by atoms with van der Waals surface area (Å²) in [7, 11) is 0. The predicted octanol–water partition coefficient (Wildman–Crippen LogP) is 2.67. The van der Waals surface area contributed by atoms with Crippen molar-refractivity contribution < 1.29 is 13.9 Å². The van der Waals surface area contributed by atoms with E-state index >= 15 is 0 Å². The molecule has 2 rings (SSSR count). The van der Waals surface area contributed by atoms with Crippen LogP contribution in [0.3, 0.4) is 0 Å². The molecule has 0 saturated carbocycles. The number of anilines is 1. The van der Waals surface area contributed by atoms with Crippen molar-refractivity contribution in [3.63, 3.8) is 0 Å². The van der Waals surface area contributed by atoms with E-state index in [1.165, 1.54) is 24.3 Å². The number of carbonyl (C=O) groups excluding carboxylic acids is 1. The predicted molar refractivity (Wildman–Crippen MR) is 67.1 cm³/mol. The largest absolute Gasteiger partial charge is 0.485 e. The molecule has 0 atom stereocenters. The summed E-state index contributed by atoms with van der Waals surface area (Å²) >= 11 is 0. The third-order valence-electron chi connectivity index (χ3n) is 2.42. The highest BCUT2D eigenvalue weighted by Gasteiger charge is 2.06. The maximum Gasteiger partial charge on any atom is 0.200 e. The second-order valence-electron chi connectivity index (χ2n) is 3.79. The average Bonchev–Trinajstić information content (AvgIpc) is 2.38. The third kappa shape index (κ3) is 3.07. The number of ketones is 1. The number of hydrogen-bond acceptors (Lipinski definition) is 3. The van der Waals surface area contributed by atoms with E-state index in [9.17, 15) is 9.18 Å². The molecule has 0 aliphatic heterocycles. The molecule has 0 saturated heterocycles. The lowest BCUT2D eigenvalue weighted by molar-refractivity contribution is 0.0921. The van der Waals surface area contributed by atoms with Crippen LogP contribution in [0.15, 0.2) is 48.5 Å². The van der Waals surface area contributed by atoms with Gasteiger partial charge in [-0.25, -0.2) is 4.39 Å². The quantitative estimate of drug-likeness (QED) is 0.665. The minimum absolute atomic E-state index is 0.0877. The van der Waals surface area contributed by atoms with Crippen molar-refractivity contribution in [2.24, 2.45) is 0 Å². The molecule has 0 radical (unpaired) electrons. The summed E-state index contributed by atoms with van der Waals surface area (Å²) in [5, 5.41) is 0. The molecule has 18 heavy (non-hydrogen) atoms. The number of benzene rings is 2. The van der Waals surface area contributed by atoms with Gasteiger partial charge in [-0.05, 0) is 48.5 Å². The van der Waals surface area contributed by atoms with Gasteiger partial charge in [-0.1, -0.05) is 0 Å². The van der Waals surface area contributed by atoms with Gasteiger partial charge in [0.15, 0.2) is 12.4 Å². The number of nitrogens with two attached hydrogens (primary N) is 1. The Morgan fingerprint density at radius 1 is 1.06 bits per heavy atom. The third-order valence-corrected chi connectivity index (χ3v) is 2.42. The monoisotopic (exact) mass is 245 g/mol. The number of Topliss-reactive ketones (excluding diaryl/α,β-unsaturated/α-hetero) is 1. The number of ether oxygens (including phenoxy) is 1. The van der Waals surface area contributed by atoms with Crippen LogP contribution in [0, 0.1) is 5.82 Å². The van der Waals surface area contributed by atoms with Crippen molar-refractivity contribution in [2.75, 3.05) is 12.3 Å². The number of carbonyl (C=O) groups is 1. The van der Waals surface area contributed by atoms with Gasteiger partial charge in [0, 0.05) is 11.3 Å². The summed E-state index contributed by atoms with van der Waals surface area (Å²) in [6.45, 7) is -0.0877. The topological polar surface area (TPSA) is 52.3 Å². The van der Waals surface area contributed by atoms with Gasteiger partial charge in [0.2, 0.25) is 0 Å². The van der Waals surface area contributed by atoms with Crippen LogP contribution < -0.4 is 10.5 Å².